The van der Waals surface area contributed by atoms with Gasteiger partial charge in [0.15, 0.2) is 0 Å². The summed E-state index contributed by atoms with van der Waals surface area (Å²) in [4.78, 5) is 7.92. The number of aromatic nitrogens is 2. The largest absolute Gasteiger partial charge is 0.375 e. The fourth-order valence-electron chi connectivity index (χ4n) is 2.27. The summed E-state index contributed by atoms with van der Waals surface area (Å²) in [5.41, 5.74) is 0.844. The minimum absolute atomic E-state index is 0.283. The fourth-order valence-corrected chi connectivity index (χ4v) is 2.44. The molecule has 1 saturated heterocycles. The minimum Gasteiger partial charge on any atom is -0.375 e. The molecule has 1 aliphatic heterocycles. The highest BCUT2D eigenvalue weighted by atomic mass is 35.5. The van der Waals surface area contributed by atoms with E-state index in [4.69, 9.17) is 16.3 Å². The summed E-state index contributed by atoms with van der Waals surface area (Å²) in [5, 5.41) is 3.67. The zero-order valence-electron chi connectivity index (χ0n) is 10.6. The summed E-state index contributed by atoms with van der Waals surface area (Å²) in [6, 6.07) is 1.83. The van der Waals surface area contributed by atoms with Gasteiger partial charge in [-0.15, -0.1) is 0 Å². The van der Waals surface area contributed by atoms with Crippen LogP contribution in [0.4, 0.5) is 0 Å². The second-order valence-electron chi connectivity index (χ2n) is 4.71. The standard InChI is InChI=1S/C13H20ClN3O/c14-13-16-8-5-12(17-13)10-18-9-1-2-11-3-6-15-7-4-11/h5,8,11,15H,1-4,6-7,9-10H2. The van der Waals surface area contributed by atoms with Gasteiger partial charge in [0.2, 0.25) is 5.28 Å². The lowest BCUT2D eigenvalue weighted by Crippen LogP contribution is -2.27. The van der Waals surface area contributed by atoms with Crippen LogP contribution >= 0.6 is 11.6 Å². The van der Waals surface area contributed by atoms with Crippen LogP contribution in [0.3, 0.4) is 0 Å². The molecule has 0 saturated carbocycles. The SMILES string of the molecule is Clc1nccc(COCCCC2CCNCC2)n1. The number of nitrogens with zero attached hydrogens (tertiary/aromatic N) is 2. The molecular formula is C13H20ClN3O. The van der Waals surface area contributed by atoms with E-state index >= 15 is 0 Å². The maximum absolute atomic E-state index is 5.70. The Morgan fingerprint density at radius 2 is 2.22 bits per heavy atom. The van der Waals surface area contributed by atoms with Crippen molar-refractivity contribution in [2.45, 2.75) is 32.3 Å². The van der Waals surface area contributed by atoms with E-state index in [9.17, 15) is 0 Å². The molecule has 0 spiro atoms. The molecule has 2 heterocycles. The zero-order valence-corrected chi connectivity index (χ0v) is 11.3. The van der Waals surface area contributed by atoms with Crippen LogP contribution in [-0.4, -0.2) is 29.7 Å². The van der Waals surface area contributed by atoms with Crippen molar-refractivity contribution in [3.05, 3.63) is 23.2 Å². The van der Waals surface area contributed by atoms with Gasteiger partial charge in [0.05, 0.1) is 12.3 Å². The van der Waals surface area contributed by atoms with Crippen LogP contribution < -0.4 is 5.32 Å². The fraction of sp³-hybridized carbons (Fsp3) is 0.692. The molecule has 1 N–H and O–H groups in total. The lowest BCUT2D eigenvalue weighted by atomic mass is 9.93. The molecule has 1 aromatic rings. The van der Waals surface area contributed by atoms with Crippen molar-refractivity contribution in [2.24, 2.45) is 5.92 Å². The molecule has 0 unspecified atom stereocenters. The van der Waals surface area contributed by atoms with Gasteiger partial charge in [-0.3, -0.25) is 0 Å². The maximum atomic E-state index is 5.70. The van der Waals surface area contributed by atoms with Crippen molar-refractivity contribution in [1.29, 1.82) is 0 Å². The highest BCUT2D eigenvalue weighted by Gasteiger charge is 2.11. The predicted octanol–water partition coefficient (Wildman–Crippen LogP) is 2.43. The van der Waals surface area contributed by atoms with E-state index < -0.39 is 0 Å². The average Bonchev–Trinajstić information content (AvgIpc) is 2.40. The Bertz CT molecular complexity index is 356. The van der Waals surface area contributed by atoms with Crippen molar-refractivity contribution < 1.29 is 4.74 Å². The Labute approximate surface area is 113 Å². The van der Waals surface area contributed by atoms with Crippen LogP contribution in [0, 0.1) is 5.92 Å². The number of halogens is 1. The van der Waals surface area contributed by atoms with Gasteiger partial charge in [-0.1, -0.05) is 0 Å². The maximum Gasteiger partial charge on any atom is 0.222 e. The third-order valence-corrected chi connectivity index (χ3v) is 3.48. The Balaban J connectivity index is 1.55. The number of hydrogen-bond donors (Lipinski definition) is 1. The summed E-state index contributed by atoms with van der Waals surface area (Å²) in [5.74, 6) is 0.878. The number of rotatable bonds is 6. The third-order valence-electron chi connectivity index (χ3n) is 3.29. The van der Waals surface area contributed by atoms with Gasteiger partial charge in [-0.05, 0) is 62.4 Å². The molecular weight excluding hydrogens is 250 g/mol. The van der Waals surface area contributed by atoms with Gasteiger partial charge >= 0.3 is 0 Å². The van der Waals surface area contributed by atoms with Gasteiger partial charge in [0, 0.05) is 12.8 Å². The van der Waals surface area contributed by atoms with E-state index in [2.05, 4.69) is 15.3 Å². The average molecular weight is 270 g/mol. The third kappa shape index (κ3) is 4.88. The molecule has 2 rings (SSSR count). The molecule has 0 radical (unpaired) electrons. The number of nitrogens with one attached hydrogen (secondary N) is 1. The molecule has 1 fully saturated rings. The first-order chi connectivity index (χ1) is 8.84. The van der Waals surface area contributed by atoms with Crippen LogP contribution in [0.5, 0.6) is 0 Å². The second kappa shape index (κ2) is 7.67. The van der Waals surface area contributed by atoms with Crippen molar-refractivity contribution in [3.63, 3.8) is 0 Å². The first kappa shape index (κ1) is 13.7. The van der Waals surface area contributed by atoms with Crippen molar-refractivity contribution in [2.75, 3.05) is 19.7 Å². The lowest BCUT2D eigenvalue weighted by molar-refractivity contribution is 0.110. The molecule has 1 aliphatic rings. The number of hydrogen-bond acceptors (Lipinski definition) is 4. The summed E-state index contributed by atoms with van der Waals surface area (Å²) in [7, 11) is 0. The van der Waals surface area contributed by atoms with E-state index in [0.29, 0.717) is 6.61 Å². The molecule has 5 heteroatoms. The molecule has 18 heavy (non-hydrogen) atoms. The molecule has 4 nitrogen and oxygen atoms in total. The summed E-state index contributed by atoms with van der Waals surface area (Å²) in [6.45, 7) is 3.66. The Morgan fingerprint density at radius 1 is 1.39 bits per heavy atom. The molecule has 100 valence electrons. The Hall–Kier alpha value is -0.710. The highest BCUT2D eigenvalue weighted by Crippen LogP contribution is 2.17. The monoisotopic (exact) mass is 269 g/mol. The predicted molar refractivity (Wildman–Crippen MR) is 71.5 cm³/mol. The molecule has 0 amide bonds. The molecule has 0 atom stereocenters. The van der Waals surface area contributed by atoms with Crippen LogP contribution in [0.25, 0.3) is 0 Å². The number of ether oxygens (including phenoxy) is 1. The van der Waals surface area contributed by atoms with Gasteiger partial charge in [0.1, 0.15) is 0 Å². The summed E-state index contributed by atoms with van der Waals surface area (Å²) >= 11 is 5.70. The van der Waals surface area contributed by atoms with Gasteiger partial charge in [-0.2, -0.15) is 0 Å². The van der Waals surface area contributed by atoms with Gasteiger partial charge < -0.3 is 10.1 Å². The van der Waals surface area contributed by atoms with Crippen molar-refractivity contribution in [1.82, 2.24) is 15.3 Å². The normalized spacial score (nSPS) is 16.9. The van der Waals surface area contributed by atoms with E-state index in [1.165, 1.54) is 32.4 Å². The van der Waals surface area contributed by atoms with E-state index in [0.717, 1.165) is 24.6 Å². The van der Waals surface area contributed by atoms with Crippen LogP contribution in [-0.2, 0) is 11.3 Å². The Morgan fingerprint density at radius 3 is 3.00 bits per heavy atom. The van der Waals surface area contributed by atoms with Crippen LogP contribution in [0.2, 0.25) is 5.28 Å². The second-order valence-corrected chi connectivity index (χ2v) is 5.04. The molecule has 0 aromatic carbocycles. The smallest absolute Gasteiger partial charge is 0.222 e. The van der Waals surface area contributed by atoms with Crippen LogP contribution in [0.1, 0.15) is 31.4 Å². The van der Waals surface area contributed by atoms with Gasteiger partial charge in [-0.25, -0.2) is 9.97 Å². The van der Waals surface area contributed by atoms with E-state index in [-0.39, 0.29) is 5.28 Å². The Kier molecular flexibility index (Phi) is 5.84. The topological polar surface area (TPSA) is 47.0 Å². The van der Waals surface area contributed by atoms with E-state index in [1.807, 2.05) is 6.07 Å². The molecule has 0 bridgehead atoms. The van der Waals surface area contributed by atoms with E-state index in [1.54, 1.807) is 6.20 Å². The quantitative estimate of drug-likeness (QED) is 0.636. The number of piperidine rings is 1. The minimum atomic E-state index is 0.283. The molecule has 1 aromatic heterocycles. The lowest BCUT2D eigenvalue weighted by Gasteiger charge is -2.22. The zero-order chi connectivity index (χ0) is 12.6. The highest BCUT2D eigenvalue weighted by molar-refractivity contribution is 6.28. The first-order valence-electron chi connectivity index (χ1n) is 6.60. The van der Waals surface area contributed by atoms with Crippen molar-refractivity contribution >= 4 is 11.6 Å². The first-order valence-corrected chi connectivity index (χ1v) is 6.98. The summed E-state index contributed by atoms with van der Waals surface area (Å²) in [6.07, 6.45) is 6.67. The van der Waals surface area contributed by atoms with Gasteiger partial charge in [0.25, 0.3) is 0 Å². The molecule has 0 aliphatic carbocycles. The van der Waals surface area contributed by atoms with Crippen LogP contribution in [0.15, 0.2) is 12.3 Å². The van der Waals surface area contributed by atoms with Crippen molar-refractivity contribution in [3.8, 4) is 0 Å². The summed E-state index contributed by atoms with van der Waals surface area (Å²) < 4.78 is 5.60.